The molecular formula is C34H36N2O9. The van der Waals surface area contributed by atoms with Crippen molar-refractivity contribution in [2.45, 2.75) is 64.3 Å². The number of aromatic nitrogens is 1. The zero-order valence-corrected chi connectivity index (χ0v) is 25.4. The van der Waals surface area contributed by atoms with Crippen LogP contribution in [0.15, 0.2) is 69.5 Å². The average molecular weight is 617 g/mol. The van der Waals surface area contributed by atoms with E-state index in [4.69, 9.17) is 19.6 Å². The predicted molar refractivity (Wildman–Crippen MR) is 166 cm³/mol. The lowest BCUT2D eigenvalue weighted by molar-refractivity contribution is -0.156. The van der Waals surface area contributed by atoms with Gasteiger partial charge in [0.1, 0.15) is 58.1 Å². The lowest BCUT2D eigenvalue weighted by atomic mass is 9.75. The number of pyridine rings is 1. The third kappa shape index (κ3) is 5.84. The van der Waals surface area contributed by atoms with E-state index in [1.165, 1.54) is 18.3 Å². The number of nitrogens with two attached hydrogens (primary N) is 1. The third-order valence-electron chi connectivity index (χ3n) is 8.35. The van der Waals surface area contributed by atoms with E-state index in [-0.39, 0.29) is 46.0 Å². The second-order valence-corrected chi connectivity index (χ2v) is 11.7. The number of aromatic hydroxyl groups is 2. The molecule has 0 saturated carbocycles. The molecule has 1 aliphatic heterocycles. The van der Waals surface area contributed by atoms with Gasteiger partial charge in [0.25, 0.3) is 0 Å². The zero-order valence-electron chi connectivity index (χ0n) is 25.4. The maximum atomic E-state index is 13.5. The Labute approximate surface area is 259 Å². The van der Waals surface area contributed by atoms with Gasteiger partial charge >= 0.3 is 5.97 Å². The van der Waals surface area contributed by atoms with E-state index in [1.54, 1.807) is 58.0 Å². The van der Waals surface area contributed by atoms with Crippen molar-refractivity contribution in [1.82, 2.24) is 4.98 Å². The van der Waals surface area contributed by atoms with Crippen LogP contribution in [-0.4, -0.2) is 49.7 Å². The Morgan fingerprint density at radius 3 is 2.58 bits per heavy atom. The summed E-state index contributed by atoms with van der Waals surface area (Å²) in [6.45, 7) is 5.80. The van der Waals surface area contributed by atoms with Gasteiger partial charge in [-0.2, -0.15) is 0 Å². The molecule has 0 radical (unpaired) electrons. The van der Waals surface area contributed by atoms with Crippen LogP contribution in [0.2, 0.25) is 0 Å². The lowest BCUT2D eigenvalue weighted by Crippen LogP contribution is -2.49. The molecule has 2 aromatic heterocycles. The summed E-state index contributed by atoms with van der Waals surface area (Å²) >= 11 is 0. The van der Waals surface area contributed by atoms with E-state index in [9.17, 15) is 30.0 Å². The van der Waals surface area contributed by atoms with Crippen LogP contribution in [0.5, 0.6) is 17.2 Å². The van der Waals surface area contributed by atoms with E-state index in [1.807, 2.05) is 0 Å². The van der Waals surface area contributed by atoms with Gasteiger partial charge in [0.05, 0.1) is 6.61 Å². The molecule has 2 aromatic carbocycles. The number of hydrogen-bond acceptors (Lipinski definition) is 11. The molecule has 0 amide bonds. The summed E-state index contributed by atoms with van der Waals surface area (Å²) in [5.74, 6) is -2.30. The quantitative estimate of drug-likeness (QED) is 0.141. The van der Waals surface area contributed by atoms with Crippen LogP contribution in [0.3, 0.4) is 0 Å². The number of hydrogen-bond donors (Lipinski definition) is 5. The Bertz CT molecular complexity index is 1860. The maximum Gasteiger partial charge on any atom is 0.333 e. The van der Waals surface area contributed by atoms with Crippen molar-refractivity contribution in [2.75, 3.05) is 12.3 Å². The van der Waals surface area contributed by atoms with Crippen LogP contribution in [0, 0.1) is 0 Å². The highest BCUT2D eigenvalue weighted by atomic mass is 16.6. The van der Waals surface area contributed by atoms with Crippen molar-refractivity contribution in [3.05, 3.63) is 98.5 Å². The molecule has 3 unspecified atom stereocenters. The largest absolute Gasteiger partial charge is 0.508 e. The number of esters is 1. The Hall–Kier alpha value is -4.87. The summed E-state index contributed by atoms with van der Waals surface area (Å²) in [5.41, 5.74) is 6.32. The van der Waals surface area contributed by atoms with Crippen molar-refractivity contribution in [3.8, 4) is 17.2 Å². The molecule has 0 aliphatic carbocycles. The molecule has 6 N–H and O–H groups in total. The number of carbonyl (C=O) groups is 1. The first-order chi connectivity index (χ1) is 21.4. The lowest BCUT2D eigenvalue weighted by Gasteiger charge is -2.41. The molecule has 45 heavy (non-hydrogen) atoms. The number of aliphatic hydroxyl groups excluding tert-OH is 2. The van der Waals surface area contributed by atoms with Gasteiger partial charge in [-0.25, -0.2) is 9.78 Å². The van der Waals surface area contributed by atoms with E-state index >= 15 is 0 Å². The number of anilines is 1. The highest BCUT2D eigenvalue weighted by Crippen LogP contribution is 2.53. The monoisotopic (exact) mass is 616 g/mol. The van der Waals surface area contributed by atoms with E-state index in [0.29, 0.717) is 22.3 Å². The second kappa shape index (κ2) is 12.3. The van der Waals surface area contributed by atoms with Crippen LogP contribution in [-0.2, 0) is 22.6 Å². The van der Waals surface area contributed by atoms with Gasteiger partial charge in [0.15, 0.2) is 5.43 Å². The van der Waals surface area contributed by atoms with Gasteiger partial charge in [0, 0.05) is 47.2 Å². The third-order valence-corrected chi connectivity index (χ3v) is 8.35. The standard InChI is InChI=1S/C34H36N2O9/c1-5-17(2)33(42)44-25-14-22-30(41)28-24(40)13-21(15-37)43-32(28)29(31(22)45-34(25,3)4)27(19-9-10-36-26(35)12-19)23(16-38)18-7-6-8-20(39)11-18/h5-13,23,25,27,37-39,41H,14-16H2,1-4H3,(H2,35,36). The van der Waals surface area contributed by atoms with Crippen molar-refractivity contribution >= 4 is 22.8 Å². The van der Waals surface area contributed by atoms with Gasteiger partial charge in [-0.1, -0.05) is 18.2 Å². The molecule has 11 heteroatoms. The number of ether oxygens (including phenoxy) is 2. The topological polar surface area (TPSA) is 186 Å². The number of benzene rings is 2. The highest BCUT2D eigenvalue weighted by molar-refractivity contribution is 5.92. The van der Waals surface area contributed by atoms with Crippen LogP contribution in [0.25, 0.3) is 11.0 Å². The minimum Gasteiger partial charge on any atom is -0.508 e. The fraction of sp³-hybridized carbons (Fsp3) is 0.324. The number of carbonyl (C=O) groups excluding carboxylic acids is 1. The van der Waals surface area contributed by atoms with Gasteiger partial charge < -0.3 is 40.1 Å². The fourth-order valence-corrected chi connectivity index (χ4v) is 5.85. The van der Waals surface area contributed by atoms with Crippen LogP contribution >= 0.6 is 0 Å². The summed E-state index contributed by atoms with van der Waals surface area (Å²) in [4.78, 5) is 30.4. The first-order valence-corrected chi connectivity index (χ1v) is 14.5. The molecule has 1 aliphatic rings. The summed E-state index contributed by atoms with van der Waals surface area (Å²) < 4.78 is 18.5. The molecule has 0 spiro atoms. The molecule has 5 rings (SSSR count). The van der Waals surface area contributed by atoms with E-state index < -0.39 is 53.9 Å². The van der Waals surface area contributed by atoms with Gasteiger partial charge in [-0.05, 0) is 63.1 Å². The number of phenolic OH excluding ortho intramolecular Hbond substituents is 2. The Morgan fingerprint density at radius 1 is 1.18 bits per heavy atom. The van der Waals surface area contributed by atoms with Crippen LogP contribution in [0.4, 0.5) is 5.82 Å². The Morgan fingerprint density at radius 2 is 1.93 bits per heavy atom. The number of rotatable bonds is 8. The molecule has 0 saturated heterocycles. The van der Waals surface area contributed by atoms with Crippen molar-refractivity contribution in [3.63, 3.8) is 0 Å². The average Bonchev–Trinajstić information content (AvgIpc) is 3.00. The second-order valence-electron chi connectivity index (χ2n) is 11.7. The SMILES string of the molecule is CC=C(C)C(=O)OC1Cc2c(c(C(c3ccnc(N)c3)C(CO)c3cccc(O)c3)c3oc(CO)cc(=O)c3c2O)OC1(C)C. The fourth-order valence-electron chi connectivity index (χ4n) is 5.85. The molecule has 0 bridgehead atoms. The summed E-state index contributed by atoms with van der Waals surface area (Å²) in [7, 11) is 0. The Kier molecular flexibility index (Phi) is 8.59. The normalized spacial score (nSPS) is 17.3. The van der Waals surface area contributed by atoms with Gasteiger partial charge in [0.2, 0.25) is 0 Å². The molecule has 3 atom stereocenters. The van der Waals surface area contributed by atoms with Crippen molar-refractivity contribution in [2.24, 2.45) is 0 Å². The summed E-state index contributed by atoms with van der Waals surface area (Å²) in [6.07, 6.45) is 2.26. The molecule has 4 aromatic rings. The van der Waals surface area contributed by atoms with Gasteiger partial charge in [-0.15, -0.1) is 0 Å². The van der Waals surface area contributed by atoms with E-state index in [2.05, 4.69) is 4.98 Å². The number of allylic oxidation sites excluding steroid dienone is 1. The molecular weight excluding hydrogens is 580 g/mol. The molecule has 236 valence electrons. The number of nitrogen functional groups attached to an aromatic ring is 1. The minimum atomic E-state index is -1.14. The first-order valence-electron chi connectivity index (χ1n) is 14.5. The smallest absolute Gasteiger partial charge is 0.333 e. The summed E-state index contributed by atoms with van der Waals surface area (Å²) in [5, 5.41) is 42.7. The maximum absolute atomic E-state index is 13.5. The number of phenols is 2. The Balaban J connectivity index is 1.88. The van der Waals surface area contributed by atoms with Crippen LogP contribution < -0.4 is 15.9 Å². The number of nitrogens with zero attached hydrogens (tertiary/aromatic N) is 1. The molecule has 11 nitrogen and oxygen atoms in total. The highest BCUT2D eigenvalue weighted by Gasteiger charge is 2.45. The number of aliphatic hydroxyl groups is 2. The first kappa shape index (κ1) is 31.6. The van der Waals surface area contributed by atoms with Crippen molar-refractivity contribution < 1.29 is 39.1 Å². The molecule has 3 heterocycles. The number of fused-ring (bicyclic) bond motifs is 2. The summed E-state index contributed by atoms with van der Waals surface area (Å²) in [6, 6.07) is 10.8. The molecule has 0 fully saturated rings. The van der Waals surface area contributed by atoms with Crippen molar-refractivity contribution in [1.29, 1.82) is 0 Å². The van der Waals surface area contributed by atoms with Crippen LogP contribution in [0.1, 0.15) is 67.5 Å². The van der Waals surface area contributed by atoms with E-state index in [0.717, 1.165) is 6.07 Å². The minimum absolute atomic E-state index is 0.0118. The van der Waals surface area contributed by atoms with Gasteiger partial charge in [-0.3, -0.25) is 4.79 Å². The zero-order chi connectivity index (χ0) is 32.6. The predicted octanol–water partition coefficient (Wildman–Crippen LogP) is 4.17.